The van der Waals surface area contributed by atoms with Crippen LogP contribution in [0.2, 0.25) is 0 Å². The van der Waals surface area contributed by atoms with E-state index in [1.807, 2.05) is 13.8 Å². The minimum atomic E-state index is -4.43. The molecular formula is C25H31FO6S. The largest absolute Gasteiger partial charge is 0.484 e. The Balaban J connectivity index is 1.91. The molecule has 0 amide bonds. The number of carbonyl (C=O) groups is 1. The highest BCUT2D eigenvalue weighted by Gasteiger charge is 2.39. The maximum absolute atomic E-state index is 14.6. The van der Waals surface area contributed by atoms with Crippen LogP contribution >= 0.6 is 0 Å². The molecule has 180 valence electrons. The van der Waals surface area contributed by atoms with Gasteiger partial charge in [0.1, 0.15) is 11.4 Å². The summed E-state index contributed by atoms with van der Waals surface area (Å²) < 4.78 is 59.3. The number of carbonyl (C=O) groups excluding carboxylic acids is 1. The van der Waals surface area contributed by atoms with Crippen LogP contribution in [-0.2, 0) is 10.1 Å². The van der Waals surface area contributed by atoms with Crippen LogP contribution in [-0.4, -0.2) is 24.5 Å². The first-order chi connectivity index (χ1) is 15.3. The Morgan fingerprint density at radius 3 is 2.24 bits per heavy atom. The van der Waals surface area contributed by atoms with Gasteiger partial charge in [-0.2, -0.15) is 8.42 Å². The number of hydrogen-bond donors (Lipinski definition) is 1. The fourth-order valence-corrected chi connectivity index (χ4v) is 5.24. The topological polar surface area (TPSA) is 89.9 Å². The Morgan fingerprint density at radius 1 is 1.06 bits per heavy atom. The first-order valence-electron chi connectivity index (χ1n) is 11.2. The highest BCUT2D eigenvalue weighted by molar-refractivity contribution is 7.85. The van der Waals surface area contributed by atoms with Crippen molar-refractivity contribution in [3.63, 3.8) is 0 Å². The standard InChI is InChI=1S/C25H31FO6S/c1-15(2)19-14-21(17(5)12-23(19)33(28,29)30)31-24(27)18-8-9-20(26)22(13-18)32-25(16(3)4)10-6-7-11-25/h8-9,12-16H,6-7,10-11H2,1-5H3,(H,28,29,30). The summed E-state index contributed by atoms with van der Waals surface area (Å²) in [5, 5.41) is 0. The molecule has 1 fully saturated rings. The summed E-state index contributed by atoms with van der Waals surface area (Å²) in [5.41, 5.74) is 0.350. The Kier molecular flexibility index (Phi) is 7.19. The van der Waals surface area contributed by atoms with E-state index in [9.17, 15) is 22.2 Å². The van der Waals surface area contributed by atoms with Gasteiger partial charge in [0.15, 0.2) is 11.6 Å². The lowest BCUT2D eigenvalue weighted by atomic mass is 9.88. The summed E-state index contributed by atoms with van der Waals surface area (Å²) >= 11 is 0. The molecule has 8 heteroatoms. The molecule has 3 rings (SSSR count). The minimum absolute atomic E-state index is 0.0152. The van der Waals surface area contributed by atoms with Crippen LogP contribution in [0.1, 0.15) is 80.8 Å². The van der Waals surface area contributed by atoms with Gasteiger partial charge in [0, 0.05) is 0 Å². The molecule has 0 radical (unpaired) electrons. The lowest BCUT2D eigenvalue weighted by molar-refractivity contribution is 0.0250. The van der Waals surface area contributed by atoms with E-state index in [2.05, 4.69) is 0 Å². The molecule has 6 nitrogen and oxygen atoms in total. The molecule has 1 saturated carbocycles. The van der Waals surface area contributed by atoms with E-state index in [-0.39, 0.29) is 33.8 Å². The quantitative estimate of drug-likeness (QED) is 0.295. The van der Waals surface area contributed by atoms with Crippen molar-refractivity contribution >= 4 is 16.1 Å². The Bertz CT molecular complexity index is 1150. The van der Waals surface area contributed by atoms with Crippen molar-refractivity contribution in [1.82, 2.24) is 0 Å². The summed E-state index contributed by atoms with van der Waals surface area (Å²) in [6.45, 7) is 9.21. The van der Waals surface area contributed by atoms with Gasteiger partial charge in [-0.3, -0.25) is 4.55 Å². The van der Waals surface area contributed by atoms with E-state index in [0.717, 1.165) is 25.7 Å². The summed E-state index contributed by atoms with van der Waals surface area (Å²) in [5.74, 6) is -1.15. The van der Waals surface area contributed by atoms with Gasteiger partial charge in [-0.1, -0.05) is 27.7 Å². The zero-order valence-corrected chi connectivity index (χ0v) is 20.5. The predicted octanol–water partition coefficient (Wildman–Crippen LogP) is 6.07. The van der Waals surface area contributed by atoms with Crippen LogP contribution in [0.4, 0.5) is 4.39 Å². The zero-order chi connectivity index (χ0) is 24.6. The second-order valence-electron chi connectivity index (χ2n) is 9.35. The van der Waals surface area contributed by atoms with E-state index < -0.39 is 27.5 Å². The molecule has 1 N–H and O–H groups in total. The van der Waals surface area contributed by atoms with Crippen LogP contribution in [0.3, 0.4) is 0 Å². The monoisotopic (exact) mass is 478 g/mol. The minimum Gasteiger partial charge on any atom is -0.484 e. The lowest BCUT2D eigenvalue weighted by Gasteiger charge is -2.34. The molecule has 2 aromatic carbocycles. The Morgan fingerprint density at radius 2 is 1.70 bits per heavy atom. The molecule has 0 spiro atoms. The summed E-state index contributed by atoms with van der Waals surface area (Å²) in [7, 11) is -4.43. The van der Waals surface area contributed by atoms with Crippen LogP contribution in [0, 0.1) is 18.7 Å². The molecule has 1 aliphatic carbocycles. The van der Waals surface area contributed by atoms with Crippen LogP contribution < -0.4 is 9.47 Å². The number of hydrogen-bond acceptors (Lipinski definition) is 5. The Labute approximate surface area is 194 Å². The van der Waals surface area contributed by atoms with Gasteiger partial charge in [0.25, 0.3) is 10.1 Å². The summed E-state index contributed by atoms with van der Waals surface area (Å²) in [6, 6.07) is 6.58. The average molecular weight is 479 g/mol. The van der Waals surface area contributed by atoms with E-state index in [0.29, 0.717) is 11.1 Å². The second-order valence-corrected chi connectivity index (χ2v) is 10.7. The maximum Gasteiger partial charge on any atom is 0.343 e. The van der Waals surface area contributed by atoms with Crippen molar-refractivity contribution in [2.45, 2.75) is 76.7 Å². The normalized spacial score (nSPS) is 15.8. The van der Waals surface area contributed by atoms with Gasteiger partial charge < -0.3 is 9.47 Å². The number of aryl methyl sites for hydroxylation is 1. The van der Waals surface area contributed by atoms with Crippen molar-refractivity contribution in [3.05, 3.63) is 52.8 Å². The smallest absolute Gasteiger partial charge is 0.343 e. The van der Waals surface area contributed by atoms with Crippen molar-refractivity contribution in [1.29, 1.82) is 0 Å². The maximum atomic E-state index is 14.6. The summed E-state index contributed by atoms with van der Waals surface area (Å²) in [4.78, 5) is 12.7. The third-order valence-electron chi connectivity index (χ3n) is 6.39. The molecule has 1 aliphatic rings. The van der Waals surface area contributed by atoms with Gasteiger partial charge in [0.05, 0.1) is 10.5 Å². The zero-order valence-electron chi connectivity index (χ0n) is 19.6. The van der Waals surface area contributed by atoms with Crippen LogP contribution in [0.5, 0.6) is 11.5 Å². The fraction of sp³-hybridized carbons (Fsp3) is 0.480. The number of ether oxygens (including phenoxy) is 2. The van der Waals surface area contributed by atoms with Crippen LogP contribution in [0.25, 0.3) is 0 Å². The third-order valence-corrected chi connectivity index (χ3v) is 7.30. The van der Waals surface area contributed by atoms with Gasteiger partial charge in [0.2, 0.25) is 0 Å². The van der Waals surface area contributed by atoms with Crippen LogP contribution in [0.15, 0.2) is 35.2 Å². The molecule has 0 atom stereocenters. The first-order valence-corrected chi connectivity index (χ1v) is 12.6. The van der Waals surface area contributed by atoms with Crippen molar-refractivity contribution in [3.8, 4) is 11.5 Å². The molecule has 0 unspecified atom stereocenters. The Hall–Kier alpha value is -2.45. The molecule has 0 bridgehead atoms. The average Bonchev–Trinajstić information content (AvgIpc) is 3.20. The van der Waals surface area contributed by atoms with Crippen molar-refractivity contribution in [2.75, 3.05) is 0 Å². The van der Waals surface area contributed by atoms with Crippen molar-refractivity contribution < 1.29 is 31.6 Å². The molecule has 0 saturated heterocycles. The van der Waals surface area contributed by atoms with Gasteiger partial charge in [-0.05, 0) is 85.9 Å². The van der Waals surface area contributed by atoms with E-state index in [4.69, 9.17) is 9.47 Å². The molecule has 0 heterocycles. The predicted molar refractivity (Wildman–Crippen MR) is 123 cm³/mol. The number of rotatable bonds is 7. The summed E-state index contributed by atoms with van der Waals surface area (Å²) in [6.07, 6.45) is 3.68. The highest BCUT2D eigenvalue weighted by atomic mass is 32.2. The van der Waals surface area contributed by atoms with Gasteiger partial charge in [-0.25, -0.2) is 9.18 Å². The third kappa shape index (κ3) is 5.38. The van der Waals surface area contributed by atoms with E-state index in [1.54, 1.807) is 20.8 Å². The number of esters is 1. The molecule has 2 aromatic rings. The van der Waals surface area contributed by atoms with Crippen molar-refractivity contribution in [2.24, 2.45) is 5.92 Å². The molecule has 33 heavy (non-hydrogen) atoms. The highest BCUT2D eigenvalue weighted by Crippen LogP contribution is 2.41. The second kappa shape index (κ2) is 9.43. The van der Waals surface area contributed by atoms with E-state index >= 15 is 0 Å². The molecule has 0 aliphatic heterocycles. The van der Waals surface area contributed by atoms with Gasteiger partial charge in [-0.15, -0.1) is 0 Å². The van der Waals surface area contributed by atoms with Gasteiger partial charge >= 0.3 is 5.97 Å². The first kappa shape index (κ1) is 25.2. The lowest BCUT2D eigenvalue weighted by Crippen LogP contribution is -2.38. The molecule has 0 aromatic heterocycles. The SMILES string of the molecule is Cc1cc(S(=O)(=O)O)c(C(C)C)cc1OC(=O)c1ccc(F)c(OC2(C(C)C)CCCC2)c1. The fourth-order valence-electron chi connectivity index (χ4n) is 4.32. The number of halogens is 1. The van der Waals surface area contributed by atoms with E-state index in [1.165, 1.54) is 30.3 Å². The molecular weight excluding hydrogens is 447 g/mol. The number of benzene rings is 2.